The molecule has 0 radical (unpaired) electrons. The second-order valence-corrected chi connectivity index (χ2v) is 3.61. The summed E-state index contributed by atoms with van der Waals surface area (Å²) in [7, 11) is 1.39. The van der Waals surface area contributed by atoms with E-state index in [2.05, 4.69) is 4.74 Å². The van der Waals surface area contributed by atoms with Crippen molar-refractivity contribution in [3.8, 4) is 0 Å². The molecule has 0 spiro atoms. The molecule has 0 N–H and O–H groups in total. The van der Waals surface area contributed by atoms with Crippen molar-refractivity contribution in [2.24, 2.45) is 0 Å². The van der Waals surface area contributed by atoms with E-state index in [1.165, 1.54) is 7.11 Å². The van der Waals surface area contributed by atoms with Crippen molar-refractivity contribution in [1.29, 1.82) is 0 Å². The summed E-state index contributed by atoms with van der Waals surface area (Å²) in [5, 5.41) is 0. The Morgan fingerprint density at radius 3 is 2.77 bits per heavy atom. The third-order valence-electron chi connectivity index (χ3n) is 2.00. The van der Waals surface area contributed by atoms with Crippen LogP contribution in [0.25, 0.3) is 0 Å². The minimum atomic E-state index is -0.295. The molecule has 0 saturated heterocycles. The van der Waals surface area contributed by atoms with E-state index in [-0.39, 0.29) is 11.4 Å². The first-order chi connectivity index (χ1) is 6.06. The van der Waals surface area contributed by atoms with Gasteiger partial charge in [0.1, 0.15) is 5.76 Å². The summed E-state index contributed by atoms with van der Waals surface area (Å²) in [4.78, 5) is 11.1. The lowest BCUT2D eigenvalue weighted by Crippen LogP contribution is -2.21. The zero-order chi connectivity index (χ0) is 9.90. The summed E-state index contributed by atoms with van der Waals surface area (Å²) in [5.74, 6) is 0.583. The molecule has 3 nitrogen and oxygen atoms in total. The zero-order valence-corrected chi connectivity index (χ0v) is 8.16. The third-order valence-corrected chi connectivity index (χ3v) is 2.00. The fourth-order valence-electron chi connectivity index (χ4n) is 1.18. The average Bonchev–Trinajstić information content (AvgIpc) is 2.55. The van der Waals surface area contributed by atoms with Crippen LogP contribution >= 0.6 is 0 Å². The number of methoxy groups -OCH3 is 1. The predicted molar refractivity (Wildman–Crippen MR) is 48.4 cm³/mol. The molecule has 1 aromatic rings. The van der Waals surface area contributed by atoms with E-state index < -0.39 is 0 Å². The van der Waals surface area contributed by atoms with Gasteiger partial charge in [0.2, 0.25) is 0 Å². The highest BCUT2D eigenvalue weighted by molar-refractivity contribution is 5.70. The second-order valence-electron chi connectivity index (χ2n) is 3.61. The Balaban J connectivity index is 2.72. The van der Waals surface area contributed by atoms with Crippen molar-refractivity contribution in [2.45, 2.75) is 25.7 Å². The summed E-state index contributed by atoms with van der Waals surface area (Å²) in [6.45, 7) is 3.89. The van der Waals surface area contributed by atoms with Crippen LogP contribution in [-0.2, 0) is 14.9 Å². The topological polar surface area (TPSA) is 39.4 Å². The standard InChI is InChI=1S/C10H14O3/c1-10(2,7-9(11)12-3)8-5-4-6-13-8/h4-6H,7H2,1-3H3. The van der Waals surface area contributed by atoms with E-state index in [1.807, 2.05) is 26.0 Å². The molecule has 0 aliphatic carbocycles. The maximum Gasteiger partial charge on any atom is 0.306 e. The quantitative estimate of drug-likeness (QED) is 0.672. The maximum absolute atomic E-state index is 11.1. The van der Waals surface area contributed by atoms with Gasteiger partial charge in [0.15, 0.2) is 0 Å². The first kappa shape index (κ1) is 9.84. The van der Waals surface area contributed by atoms with Gasteiger partial charge in [-0.3, -0.25) is 4.79 Å². The number of ether oxygens (including phenoxy) is 1. The van der Waals surface area contributed by atoms with E-state index in [1.54, 1.807) is 6.26 Å². The summed E-state index contributed by atoms with van der Waals surface area (Å²) < 4.78 is 9.84. The van der Waals surface area contributed by atoms with Crippen LogP contribution in [0.3, 0.4) is 0 Å². The van der Waals surface area contributed by atoms with Gasteiger partial charge >= 0.3 is 5.97 Å². The van der Waals surface area contributed by atoms with Gasteiger partial charge < -0.3 is 9.15 Å². The predicted octanol–water partition coefficient (Wildman–Crippen LogP) is 2.12. The van der Waals surface area contributed by atoms with Gasteiger partial charge in [-0.25, -0.2) is 0 Å². The highest BCUT2D eigenvalue weighted by atomic mass is 16.5. The summed E-state index contributed by atoms with van der Waals surface area (Å²) >= 11 is 0. The third kappa shape index (κ3) is 2.34. The van der Waals surface area contributed by atoms with Crippen molar-refractivity contribution < 1.29 is 13.9 Å². The van der Waals surface area contributed by atoms with Crippen LogP contribution in [0.2, 0.25) is 0 Å². The molecule has 0 amide bonds. The van der Waals surface area contributed by atoms with Crippen molar-refractivity contribution in [3.05, 3.63) is 24.2 Å². The minimum Gasteiger partial charge on any atom is -0.469 e. The Hall–Kier alpha value is -1.25. The number of furan rings is 1. The lowest BCUT2D eigenvalue weighted by molar-refractivity contribution is -0.142. The van der Waals surface area contributed by atoms with E-state index in [9.17, 15) is 4.79 Å². The van der Waals surface area contributed by atoms with Crippen LogP contribution < -0.4 is 0 Å². The van der Waals surface area contributed by atoms with E-state index in [0.29, 0.717) is 6.42 Å². The fourth-order valence-corrected chi connectivity index (χ4v) is 1.18. The van der Waals surface area contributed by atoms with Crippen molar-refractivity contribution in [1.82, 2.24) is 0 Å². The zero-order valence-electron chi connectivity index (χ0n) is 8.16. The van der Waals surface area contributed by atoms with Crippen LogP contribution in [-0.4, -0.2) is 13.1 Å². The minimum absolute atomic E-state index is 0.221. The van der Waals surface area contributed by atoms with Gasteiger partial charge in [-0.15, -0.1) is 0 Å². The molecule has 1 rings (SSSR count). The molecule has 0 aliphatic heterocycles. The number of rotatable bonds is 3. The summed E-state index contributed by atoms with van der Waals surface area (Å²) in [5.41, 5.74) is -0.295. The number of carbonyl (C=O) groups is 1. The smallest absolute Gasteiger partial charge is 0.306 e. The largest absolute Gasteiger partial charge is 0.469 e. The van der Waals surface area contributed by atoms with Crippen LogP contribution in [0.15, 0.2) is 22.8 Å². The van der Waals surface area contributed by atoms with Crippen LogP contribution in [0, 0.1) is 0 Å². The molecular weight excluding hydrogens is 168 g/mol. The Morgan fingerprint density at radius 1 is 1.62 bits per heavy atom. The Labute approximate surface area is 77.7 Å². The lowest BCUT2D eigenvalue weighted by atomic mass is 9.87. The van der Waals surface area contributed by atoms with Crippen LogP contribution in [0.4, 0.5) is 0 Å². The number of hydrogen-bond acceptors (Lipinski definition) is 3. The van der Waals surface area contributed by atoms with Crippen molar-refractivity contribution >= 4 is 5.97 Å². The molecule has 3 heteroatoms. The fraction of sp³-hybridized carbons (Fsp3) is 0.500. The highest BCUT2D eigenvalue weighted by Gasteiger charge is 2.27. The van der Waals surface area contributed by atoms with Crippen molar-refractivity contribution in [3.63, 3.8) is 0 Å². The monoisotopic (exact) mass is 182 g/mol. The average molecular weight is 182 g/mol. The molecule has 0 bridgehead atoms. The van der Waals surface area contributed by atoms with Gasteiger partial charge in [0, 0.05) is 5.41 Å². The Kier molecular flexibility index (Phi) is 2.76. The first-order valence-corrected chi connectivity index (χ1v) is 4.17. The summed E-state index contributed by atoms with van der Waals surface area (Å²) in [6, 6.07) is 3.68. The molecule has 0 atom stereocenters. The van der Waals surface area contributed by atoms with Crippen LogP contribution in [0.5, 0.6) is 0 Å². The lowest BCUT2D eigenvalue weighted by Gasteiger charge is -2.19. The number of carbonyl (C=O) groups excluding carboxylic acids is 1. The van der Waals surface area contributed by atoms with Gasteiger partial charge in [-0.05, 0) is 12.1 Å². The molecule has 0 unspecified atom stereocenters. The normalized spacial score (nSPS) is 11.3. The SMILES string of the molecule is COC(=O)CC(C)(C)c1ccco1. The van der Waals surface area contributed by atoms with Gasteiger partial charge in [-0.2, -0.15) is 0 Å². The molecule has 1 heterocycles. The summed E-state index contributed by atoms with van der Waals surface area (Å²) in [6.07, 6.45) is 1.94. The molecule has 72 valence electrons. The van der Waals surface area contributed by atoms with Gasteiger partial charge in [-0.1, -0.05) is 13.8 Å². The van der Waals surface area contributed by atoms with E-state index >= 15 is 0 Å². The molecule has 13 heavy (non-hydrogen) atoms. The number of esters is 1. The first-order valence-electron chi connectivity index (χ1n) is 4.17. The van der Waals surface area contributed by atoms with E-state index in [4.69, 9.17) is 4.42 Å². The molecule has 0 aromatic carbocycles. The van der Waals surface area contributed by atoms with Crippen molar-refractivity contribution in [2.75, 3.05) is 7.11 Å². The van der Waals surface area contributed by atoms with Crippen LogP contribution in [0.1, 0.15) is 26.0 Å². The molecule has 0 saturated carbocycles. The molecule has 1 aromatic heterocycles. The number of hydrogen-bond donors (Lipinski definition) is 0. The molecular formula is C10H14O3. The maximum atomic E-state index is 11.1. The van der Waals surface area contributed by atoms with Gasteiger partial charge in [0.25, 0.3) is 0 Å². The van der Waals surface area contributed by atoms with Gasteiger partial charge in [0.05, 0.1) is 19.8 Å². The highest BCUT2D eigenvalue weighted by Crippen LogP contribution is 2.27. The molecule has 0 aliphatic rings. The second kappa shape index (κ2) is 3.64. The van der Waals surface area contributed by atoms with E-state index in [0.717, 1.165) is 5.76 Å². The Bertz CT molecular complexity index is 272. The molecule has 0 fully saturated rings. The Morgan fingerprint density at radius 2 is 2.31 bits per heavy atom.